The molecule has 0 saturated carbocycles. The van der Waals surface area contributed by atoms with Crippen LogP contribution in [-0.2, 0) is 19.1 Å². The second kappa shape index (κ2) is 8.34. The van der Waals surface area contributed by atoms with Gasteiger partial charge >= 0.3 is 0 Å². The molecular formula is C15H28N2O4. The highest BCUT2D eigenvalue weighted by molar-refractivity contribution is 5.99. The Morgan fingerprint density at radius 3 is 2.57 bits per heavy atom. The Labute approximate surface area is 127 Å². The zero-order valence-electron chi connectivity index (χ0n) is 13.6. The zero-order valence-corrected chi connectivity index (χ0v) is 13.6. The van der Waals surface area contributed by atoms with E-state index in [0.717, 1.165) is 12.8 Å². The fourth-order valence-corrected chi connectivity index (χ4v) is 2.49. The maximum Gasteiger partial charge on any atom is 0.248 e. The monoisotopic (exact) mass is 300 g/mol. The molecule has 1 N–H and O–H groups in total. The van der Waals surface area contributed by atoms with Crippen molar-refractivity contribution in [2.24, 2.45) is 0 Å². The summed E-state index contributed by atoms with van der Waals surface area (Å²) >= 11 is 0. The number of nitrogens with one attached hydrogen (secondary N) is 1. The number of rotatable bonds is 9. The molecule has 0 aromatic carbocycles. The van der Waals surface area contributed by atoms with Crippen molar-refractivity contribution in [3.63, 3.8) is 0 Å². The topological polar surface area (TPSA) is 67.9 Å². The van der Waals surface area contributed by atoms with Gasteiger partial charge in [-0.3, -0.25) is 9.59 Å². The molecule has 0 aromatic rings. The molecule has 1 saturated heterocycles. The van der Waals surface area contributed by atoms with E-state index in [1.807, 2.05) is 6.92 Å². The van der Waals surface area contributed by atoms with E-state index in [0.29, 0.717) is 32.8 Å². The highest BCUT2D eigenvalue weighted by atomic mass is 16.5. The van der Waals surface area contributed by atoms with Crippen molar-refractivity contribution in [1.29, 1.82) is 0 Å². The van der Waals surface area contributed by atoms with Crippen LogP contribution >= 0.6 is 0 Å². The predicted octanol–water partition coefficient (Wildman–Crippen LogP) is 0.945. The molecule has 0 radical (unpaired) electrons. The number of hydrogen-bond acceptors (Lipinski definition) is 4. The second-order valence-corrected chi connectivity index (χ2v) is 5.88. The molecule has 1 fully saturated rings. The maximum absolute atomic E-state index is 12.5. The minimum atomic E-state index is -0.821. The quantitative estimate of drug-likeness (QED) is 0.644. The third-order valence-electron chi connectivity index (χ3n) is 3.59. The number of ether oxygens (including phenoxy) is 2. The van der Waals surface area contributed by atoms with E-state index in [4.69, 9.17) is 9.47 Å². The first kappa shape index (κ1) is 17.9. The Morgan fingerprint density at radius 2 is 1.95 bits per heavy atom. The second-order valence-electron chi connectivity index (χ2n) is 5.88. The molecule has 6 heteroatoms. The van der Waals surface area contributed by atoms with E-state index in [-0.39, 0.29) is 17.9 Å². The average molecular weight is 300 g/mol. The summed E-state index contributed by atoms with van der Waals surface area (Å²) in [6.07, 6.45) is 2.28. The van der Waals surface area contributed by atoms with Crippen LogP contribution in [0.1, 0.15) is 40.0 Å². The molecule has 0 aliphatic carbocycles. The van der Waals surface area contributed by atoms with E-state index in [1.54, 1.807) is 25.9 Å². The van der Waals surface area contributed by atoms with Crippen LogP contribution in [0.2, 0.25) is 0 Å². The summed E-state index contributed by atoms with van der Waals surface area (Å²) in [5, 5.41) is 2.81. The molecule has 1 aliphatic rings. The molecule has 1 unspecified atom stereocenters. The van der Waals surface area contributed by atoms with E-state index in [1.165, 1.54) is 0 Å². The summed E-state index contributed by atoms with van der Waals surface area (Å²) in [6.45, 7) is 7.74. The van der Waals surface area contributed by atoms with Gasteiger partial charge in [0.25, 0.3) is 0 Å². The Balaban J connectivity index is 2.55. The normalized spacial score (nSPS) is 21.5. The van der Waals surface area contributed by atoms with Crippen LogP contribution in [0.3, 0.4) is 0 Å². The minimum absolute atomic E-state index is 0.0163. The van der Waals surface area contributed by atoms with Gasteiger partial charge in [0.15, 0.2) is 0 Å². The Morgan fingerprint density at radius 1 is 1.24 bits per heavy atom. The molecule has 6 nitrogen and oxygen atoms in total. The molecule has 1 heterocycles. The van der Waals surface area contributed by atoms with E-state index in [2.05, 4.69) is 5.32 Å². The van der Waals surface area contributed by atoms with Gasteiger partial charge in [0.05, 0.1) is 13.2 Å². The van der Waals surface area contributed by atoms with Crippen molar-refractivity contribution < 1.29 is 19.1 Å². The third kappa shape index (κ3) is 4.97. The summed E-state index contributed by atoms with van der Waals surface area (Å²) in [4.78, 5) is 26.4. The summed E-state index contributed by atoms with van der Waals surface area (Å²) in [5.74, 6) is -0.0702. The van der Waals surface area contributed by atoms with Crippen LogP contribution in [0.25, 0.3) is 0 Å². The highest BCUT2D eigenvalue weighted by Crippen LogP contribution is 2.21. The number of methoxy groups -OCH3 is 1. The summed E-state index contributed by atoms with van der Waals surface area (Å²) < 4.78 is 10.3. The third-order valence-corrected chi connectivity index (χ3v) is 3.59. The number of carbonyl (C=O) groups is 2. The van der Waals surface area contributed by atoms with Gasteiger partial charge in [-0.15, -0.1) is 0 Å². The van der Waals surface area contributed by atoms with Crippen LogP contribution < -0.4 is 5.32 Å². The molecular weight excluding hydrogens is 272 g/mol. The van der Waals surface area contributed by atoms with Crippen LogP contribution in [0, 0.1) is 0 Å². The van der Waals surface area contributed by atoms with Gasteiger partial charge in [-0.25, -0.2) is 0 Å². The standard InChI is InChI=1S/C15H28N2O4/c1-5-7-12-13(18)16-15(2,3)14(19)17(12)8-6-9-21-11-10-20-4/h12H,5-11H2,1-4H3,(H,16,18). The molecule has 1 rings (SSSR count). The van der Waals surface area contributed by atoms with Crippen molar-refractivity contribution in [3.05, 3.63) is 0 Å². The highest BCUT2D eigenvalue weighted by Gasteiger charge is 2.44. The van der Waals surface area contributed by atoms with Crippen LogP contribution in [0.4, 0.5) is 0 Å². The number of hydrogen-bond donors (Lipinski definition) is 1. The lowest BCUT2D eigenvalue weighted by Crippen LogP contribution is -2.68. The van der Waals surface area contributed by atoms with Crippen molar-refractivity contribution >= 4 is 11.8 Å². The molecule has 1 aliphatic heterocycles. The van der Waals surface area contributed by atoms with Gasteiger partial charge in [-0.1, -0.05) is 13.3 Å². The largest absolute Gasteiger partial charge is 0.382 e. The molecule has 0 bridgehead atoms. The Bertz CT molecular complexity index is 358. The zero-order chi connectivity index (χ0) is 15.9. The summed E-state index contributed by atoms with van der Waals surface area (Å²) in [6, 6.07) is -0.352. The van der Waals surface area contributed by atoms with Crippen molar-refractivity contribution in [2.75, 3.05) is 33.5 Å². The SMILES string of the molecule is CCCC1C(=O)NC(C)(C)C(=O)N1CCCOCCOC. The van der Waals surface area contributed by atoms with Crippen molar-refractivity contribution in [1.82, 2.24) is 10.2 Å². The van der Waals surface area contributed by atoms with Crippen LogP contribution in [-0.4, -0.2) is 61.8 Å². The predicted molar refractivity (Wildman–Crippen MR) is 79.9 cm³/mol. The van der Waals surface area contributed by atoms with Gasteiger partial charge in [0.1, 0.15) is 11.6 Å². The summed E-state index contributed by atoms with van der Waals surface area (Å²) in [7, 11) is 1.63. The van der Waals surface area contributed by atoms with E-state index < -0.39 is 5.54 Å². The molecule has 0 spiro atoms. The maximum atomic E-state index is 12.5. The fraction of sp³-hybridized carbons (Fsp3) is 0.867. The van der Waals surface area contributed by atoms with Gasteiger partial charge in [-0.2, -0.15) is 0 Å². The van der Waals surface area contributed by atoms with Gasteiger partial charge in [0.2, 0.25) is 11.8 Å². The van der Waals surface area contributed by atoms with Gasteiger partial charge in [0, 0.05) is 20.3 Å². The summed E-state index contributed by atoms with van der Waals surface area (Å²) in [5.41, 5.74) is -0.821. The number of piperazine rings is 1. The van der Waals surface area contributed by atoms with Gasteiger partial charge < -0.3 is 19.7 Å². The first-order valence-corrected chi connectivity index (χ1v) is 7.63. The Hall–Kier alpha value is -1.14. The van der Waals surface area contributed by atoms with E-state index in [9.17, 15) is 9.59 Å². The Kier molecular flexibility index (Phi) is 7.11. The lowest BCUT2D eigenvalue weighted by molar-refractivity contribution is -0.154. The number of amides is 2. The van der Waals surface area contributed by atoms with Crippen molar-refractivity contribution in [3.8, 4) is 0 Å². The van der Waals surface area contributed by atoms with Crippen molar-refractivity contribution in [2.45, 2.75) is 51.6 Å². The number of nitrogens with zero attached hydrogens (tertiary/aromatic N) is 1. The molecule has 21 heavy (non-hydrogen) atoms. The molecule has 0 aromatic heterocycles. The lowest BCUT2D eigenvalue weighted by atomic mass is 9.94. The molecule has 1 atom stereocenters. The average Bonchev–Trinajstić information content (AvgIpc) is 2.42. The first-order valence-electron chi connectivity index (χ1n) is 7.63. The fourth-order valence-electron chi connectivity index (χ4n) is 2.49. The lowest BCUT2D eigenvalue weighted by Gasteiger charge is -2.43. The smallest absolute Gasteiger partial charge is 0.248 e. The van der Waals surface area contributed by atoms with Crippen LogP contribution in [0.15, 0.2) is 0 Å². The minimum Gasteiger partial charge on any atom is -0.382 e. The van der Waals surface area contributed by atoms with E-state index >= 15 is 0 Å². The molecule has 2 amide bonds. The van der Waals surface area contributed by atoms with Crippen LogP contribution in [0.5, 0.6) is 0 Å². The molecule has 122 valence electrons. The number of carbonyl (C=O) groups excluding carboxylic acids is 2. The van der Waals surface area contributed by atoms with Gasteiger partial charge in [-0.05, 0) is 26.7 Å². The first-order chi connectivity index (χ1) is 9.94.